The van der Waals surface area contributed by atoms with Gasteiger partial charge >= 0.3 is 0 Å². The van der Waals surface area contributed by atoms with Crippen molar-refractivity contribution in [1.29, 1.82) is 0 Å². The molecule has 1 amide bonds. The summed E-state index contributed by atoms with van der Waals surface area (Å²) in [7, 11) is 0. The van der Waals surface area contributed by atoms with Crippen LogP contribution in [0.4, 0.5) is 5.69 Å². The molecule has 21 heavy (non-hydrogen) atoms. The number of carbonyl (C=O) groups excluding carboxylic acids is 1. The molecule has 0 saturated carbocycles. The van der Waals surface area contributed by atoms with Gasteiger partial charge in [-0.15, -0.1) is 0 Å². The fraction of sp³-hybridized carbons (Fsp3) is 0.188. The number of carbonyl (C=O) groups is 1. The molecule has 2 rings (SSSR count). The molecule has 2 aromatic carbocycles. The van der Waals surface area contributed by atoms with Gasteiger partial charge in [0, 0.05) is 15.5 Å². The number of anilines is 1. The summed E-state index contributed by atoms with van der Waals surface area (Å²) >= 11 is 9.28. The number of thioether (sulfide) groups is 1. The molecule has 0 unspecified atom stereocenters. The summed E-state index contributed by atoms with van der Waals surface area (Å²) in [6.45, 7) is 1.89. The highest BCUT2D eigenvalue weighted by molar-refractivity contribution is 8.00. The van der Waals surface area contributed by atoms with E-state index in [0.717, 1.165) is 20.5 Å². The fourth-order valence-electron chi connectivity index (χ4n) is 1.61. The van der Waals surface area contributed by atoms with E-state index in [0.29, 0.717) is 0 Å². The number of hydrogen-bond donors (Lipinski definition) is 1. The van der Waals surface area contributed by atoms with E-state index in [1.807, 2.05) is 61.7 Å². The third-order valence-electron chi connectivity index (χ3n) is 2.91. The van der Waals surface area contributed by atoms with E-state index in [4.69, 9.17) is 11.6 Å². The topological polar surface area (TPSA) is 29.1 Å². The van der Waals surface area contributed by atoms with Gasteiger partial charge in [0.25, 0.3) is 0 Å². The van der Waals surface area contributed by atoms with E-state index >= 15 is 0 Å². The fourth-order valence-corrected chi connectivity index (χ4v) is 2.97. The largest absolute Gasteiger partial charge is 0.325 e. The lowest BCUT2D eigenvalue weighted by Gasteiger charge is -2.10. The van der Waals surface area contributed by atoms with Crippen molar-refractivity contribution in [2.45, 2.75) is 22.0 Å². The Bertz CT molecular complexity index is 616. The molecule has 0 fully saturated rings. The molecule has 0 aromatic heterocycles. The molecule has 5 heteroatoms. The van der Waals surface area contributed by atoms with Crippen LogP contribution in [0.1, 0.15) is 6.92 Å². The van der Waals surface area contributed by atoms with Crippen LogP contribution in [-0.4, -0.2) is 17.4 Å². The van der Waals surface area contributed by atoms with Gasteiger partial charge in [-0.05, 0) is 49.6 Å². The second-order valence-electron chi connectivity index (χ2n) is 4.42. The second-order valence-corrected chi connectivity index (χ2v) is 7.13. The minimum absolute atomic E-state index is 0.0222. The first-order valence-electron chi connectivity index (χ1n) is 6.46. The average molecular weight is 338 g/mol. The van der Waals surface area contributed by atoms with E-state index < -0.39 is 0 Å². The van der Waals surface area contributed by atoms with E-state index in [1.165, 1.54) is 11.8 Å². The molecule has 110 valence electrons. The van der Waals surface area contributed by atoms with Gasteiger partial charge in [0.15, 0.2) is 0 Å². The van der Waals surface area contributed by atoms with Crippen LogP contribution in [0.2, 0.25) is 5.02 Å². The second kappa shape index (κ2) is 7.78. The van der Waals surface area contributed by atoms with Gasteiger partial charge in [-0.25, -0.2) is 0 Å². The normalized spacial score (nSPS) is 12.0. The monoisotopic (exact) mass is 337 g/mol. The Morgan fingerprint density at radius 1 is 1.14 bits per heavy atom. The smallest absolute Gasteiger partial charge is 0.237 e. The van der Waals surface area contributed by atoms with Crippen LogP contribution in [0.15, 0.2) is 58.3 Å². The van der Waals surface area contributed by atoms with Crippen molar-refractivity contribution in [3.8, 4) is 0 Å². The summed E-state index contributed by atoms with van der Waals surface area (Å²) in [5.74, 6) is 0.0222. The molecule has 0 aliphatic rings. The lowest BCUT2D eigenvalue weighted by atomic mass is 10.3. The maximum Gasteiger partial charge on any atom is 0.237 e. The molecule has 0 radical (unpaired) electrons. The predicted octanol–water partition coefficient (Wildman–Crippen LogP) is 5.18. The zero-order chi connectivity index (χ0) is 15.2. The zero-order valence-electron chi connectivity index (χ0n) is 11.8. The standard InChI is InChI=1S/C16H16ClNOS2/c1-11(20-2)16(19)18-12-7-9-13(10-8-12)21-15-6-4-3-5-14(15)17/h3-11H,1-2H3,(H,18,19)/t11-/m1/s1. The number of hydrogen-bond acceptors (Lipinski definition) is 3. The molecule has 2 aromatic rings. The first kappa shape index (κ1) is 16.3. The van der Waals surface area contributed by atoms with Gasteiger partial charge in [0.1, 0.15) is 0 Å². The Hall–Kier alpha value is -1.10. The van der Waals surface area contributed by atoms with Crippen LogP contribution in [0, 0.1) is 0 Å². The van der Waals surface area contributed by atoms with Crippen molar-refractivity contribution in [2.75, 3.05) is 11.6 Å². The van der Waals surface area contributed by atoms with Crippen LogP contribution in [0.25, 0.3) is 0 Å². The quantitative estimate of drug-likeness (QED) is 0.814. The first-order chi connectivity index (χ1) is 10.1. The maximum absolute atomic E-state index is 11.8. The van der Waals surface area contributed by atoms with Crippen molar-refractivity contribution in [3.05, 3.63) is 53.6 Å². The Kier molecular flexibility index (Phi) is 6.03. The highest BCUT2D eigenvalue weighted by Gasteiger charge is 2.11. The van der Waals surface area contributed by atoms with E-state index in [-0.39, 0.29) is 11.2 Å². The summed E-state index contributed by atoms with van der Waals surface area (Å²) in [6, 6.07) is 15.5. The molecule has 1 atom stereocenters. The summed E-state index contributed by atoms with van der Waals surface area (Å²) in [5.41, 5.74) is 0.810. The van der Waals surface area contributed by atoms with Gasteiger partial charge in [-0.2, -0.15) is 11.8 Å². The molecule has 0 saturated heterocycles. The third kappa shape index (κ3) is 4.70. The van der Waals surface area contributed by atoms with E-state index in [9.17, 15) is 4.79 Å². The van der Waals surface area contributed by atoms with Gasteiger partial charge in [-0.1, -0.05) is 35.5 Å². The van der Waals surface area contributed by atoms with Gasteiger partial charge < -0.3 is 5.32 Å². The SMILES string of the molecule is CS[C@H](C)C(=O)Nc1ccc(Sc2ccccc2Cl)cc1. The van der Waals surface area contributed by atoms with Crippen LogP contribution >= 0.6 is 35.1 Å². The molecule has 0 aliphatic heterocycles. The van der Waals surface area contributed by atoms with Gasteiger partial charge in [0.2, 0.25) is 5.91 Å². The first-order valence-corrected chi connectivity index (χ1v) is 8.94. The van der Waals surface area contributed by atoms with Crippen LogP contribution < -0.4 is 5.32 Å². The number of rotatable bonds is 5. The minimum Gasteiger partial charge on any atom is -0.325 e. The molecule has 1 N–H and O–H groups in total. The van der Waals surface area contributed by atoms with Crippen molar-refractivity contribution in [1.82, 2.24) is 0 Å². The third-order valence-corrected chi connectivity index (χ3v) is 5.36. The highest BCUT2D eigenvalue weighted by Crippen LogP contribution is 2.33. The number of halogens is 1. The summed E-state index contributed by atoms with van der Waals surface area (Å²) in [5, 5.41) is 3.59. The van der Waals surface area contributed by atoms with Crippen LogP contribution in [-0.2, 0) is 4.79 Å². The minimum atomic E-state index is -0.0535. The van der Waals surface area contributed by atoms with Crippen molar-refractivity contribution < 1.29 is 4.79 Å². The maximum atomic E-state index is 11.8. The lowest BCUT2D eigenvalue weighted by molar-refractivity contribution is -0.115. The summed E-state index contributed by atoms with van der Waals surface area (Å²) in [6.07, 6.45) is 1.92. The molecule has 0 heterocycles. The summed E-state index contributed by atoms with van der Waals surface area (Å²) in [4.78, 5) is 13.9. The Labute approximate surface area is 138 Å². The van der Waals surface area contributed by atoms with E-state index in [2.05, 4.69) is 5.32 Å². The predicted molar refractivity (Wildman–Crippen MR) is 93.6 cm³/mol. The van der Waals surface area contributed by atoms with Crippen LogP contribution in [0.5, 0.6) is 0 Å². The van der Waals surface area contributed by atoms with Gasteiger partial charge in [-0.3, -0.25) is 4.79 Å². The number of nitrogens with one attached hydrogen (secondary N) is 1. The molecule has 2 nitrogen and oxygen atoms in total. The average Bonchev–Trinajstić information content (AvgIpc) is 2.50. The molecule has 0 bridgehead atoms. The molecular weight excluding hydrogens is 322 g/mol. The lowest BCUT2D eigenvalue weighted by Crippen LogP contribution is -2.21. The van der Waals surface area contributed by atoms with E-state index in [1.54, 1.807) is 11.8 Å². The number of amides is 1. The molecular formula is C16H16ClNOS2. The highest BCUT2D eigenvalue weighted by atomic mass is 35.5. The Morgan fingerprint density at radius 3 is 2.43 bits per heavy atom. The Morgan fingerprint density at radius 2 is 1.81 bits per heavy atom. The molecule has 0 spiro atoms. The van der Waals surface area contributed by atoms with Crippen molar-refractivity contribution in [2.24, 2.45) is 0 Å². The van der Waals surface area contributed by atoms with Crippen molar-refractivity contribution >= 4 is 46.7 Å². The zero-order valence-corrected chi connectivity index (χ0v) is 14.2. The van der Waals surface area contributed by atoms with Crippen LogP contribution in [0.3, 0.4) is 0 Å². The number of benzene rings is 2. The van der Waals surface area contributed by atoms with Gasteiger partial charge in [0.05, 0.1) is 10.3 Å². The Balaban J connectivity index is 2.02. The summed E-state index contributed by atoms with van der Waals surface area (Å²) < 4.78 is 0. The molecule has 0 aliphatic carbocycles. The van der Waals surface area contributed by atoms with Crippen molar-refractivity contribution in [3.63, 3.8) is 0 Å².